The van der Waals surface area contributed by atoms with Crippen LogP contribution in [0.3, 0.4) is 0 Å². The highest BCUT2D eigenvalue weighted by Gasteiger charge is 2.23. The quantitative estimate of drug-likeness (QED) is 0.794. The molecule has 0 aliphatic heterocycles. The van der Waals surface area contributed by atoms with Gasteiger partial charge in [-0.15, -0.1) is 0 Å². The second-order valence-electron chi connectivity index (χ2n) is 6.08. The number of halogens is 1. The van der Waals surface area contributed by atoms with E-state index in [-0.39, 0.29) is 11.4 Å². The highest BCUT2D eigenvalue weighted by Crippen LogP contribution is 2.29. The zero-order chi connectivity index (χ0) is 13.7. The molecule has 0 spiro atoms. The van der Waals surface area contributed by atoms with E-state index in [1.165, 1.54) is 37.8 Å². The Morgan fingerprint density at radius 3 is 2.53 bits per heavy atom. The SMILES string of the molecule is CC(CN)(Cc1ccc(F)cc1)NCCC1CCC1. The lowest BCUT2D eigenvalue weighted by Crippen LogP contribution is -2.51. The summed E-state index contributed by atoms with van der Waals surface area (Å²) in [6.45, 7) is 3.77. The van der Waals surface area contributed by atoms with Gasteiger partial charge in [-0.3, -0.25) is 0 Å². The van der Waals surface area contributed by atoms with Crippen LogP contribution in [0.2, 0.25) is 0 Å². The van der Waals surface area contributed by atoms with Crippen molar-refractivity contribution in [1.29, 1.82) is 0 Å². The Morgan fingerprint density at radius 2 is 2.00 bits per heavy atom. The van der Waals surface area contributed by atoms with E-state index in [2.05, 4.69) is 12.2 Å². The summed E-state index contributed by atoms with van der Waals surface area (Å²) < 4.78 is 12.9. The zero-order valence-electron chi connectivity index (χ0n) is 11.8. The number of nitrogens with two attached hydrogens (primary N) is 1. The van der Waals surface area contributed by atoms with Gasteiger partial charge in [-0.1, -0.05) is 31.4 Å². The first-order valence-electron chi connectivity index (χ1n) is 7.31. The fourth-order valence-electron chi connectivity index (χ4n) is 2.62. The van der Waals surface area contributed by atoms with Crippen LogP contribution in [0.1, 0.15) is 38.2 Å². The van der Waals surface area contributed by atoms with Crippen LogP contribution < -0.4 is 11.1 Å². The van der Waals surface area contributed by atoms with Crippen molar-refractivity contribution in [2.24, 2.45) is 11.7 Å². The first-order chi connectivity index (χ1) is 9.11. The molecule has 1 aliphatic rings. The van der Waals surface area contributed by atoms with E-state index in [1.807, 2.05) is 12.1 Å². The van der Waals surface area contributed by atoms with Crippen LogP contribution >= 0.6 is 0 Å². The van der Waals surface area contributed by atoms with Gasteiger partial charge in [-0.25, -0.2) is 4.39 Å². The molecule has 1 atom stereocenters. The summed E-state index contributed by atoms with van der Waals surface area (Å²) >= 11 is 0. The van der Waals surface area contributed by atoms with E-state index in [4.69, 9.17) is 5.73 Å². The van der Waals surface area contributed by atoms with Crippen molar-refractivity contribution in [2.45, 2.75) is 44.6 Å². The van der Waals surface area contributed by atoms with Gasteiger partial charge in [0.2, 0.25) is 0 Å². The average molecular weight is 264 g/mol. The maximum Gasteiger partial charge on any atom is 0.123 e. The molecule has 1 fully saturated rings. The summed E-state index contributed by atoms with van der Waals surface area (Å²) in [4.78, 5) is 0. The molecule has 1 aromatic rings. The lowest BCUT2D eigenvalue weighted by Gasteiger charge is -2.32. The van der Waals surface area contributed by atoms with E-state index in [9.17, 15) is 4.39 Å². The zero-order valence-corrected chi connectivity index (χ0v) is 11.8. The Bertz CT molecular complexity index is 386. The molecule has 1 unspecified atom stereocenters. The van der Waals surface area contributed by atoms with Crippen molar-refractivity contribution in [3.05, 3.63) is 35.6 Å². The van der Waals surface area contributed by atoms with Gasteiger partial charge in [0, 0.05) is 12.1 Å². The highest BCUT2D eigenvalue weighted by atomic mass is 19.1. The first-order valence-corrected chi connectivity index (χ1v) is 7.31. The van der Waals surface area contributed by atoms with Crippen LogP contribution in [0.15, 0.2) is 24.3 Å². The summed E-state index contributed by atoms with van der Waals surface area (Å²) in [6.07, 6.45) is 6.26. The first kappa shape index (κ1) is 14.5. The Labute approximate surface area is 115 Å². The summed E-state index contributed by atoms with van der Waals surface area (Å²) in [5.41, 5.74) is 6.95. The van der Waals surface area contributed by atoms with Gasteiger partial charge in [-0.2, -0.15) is 0 Å². The normalized spacial score (nSPS) is 18.9. The summed E-state index contributed by atoms with van der Waals surface area (Å²) in [6, 6.07) is 6.72. The molecule has 0 saturated heterocycles. The minimum atomic E-state index is -0.184. The van der Waals surface area contributed by atoms with Crippen LogP contribution in [-0.2, 0) is 6.42 Å². The molecule has 2 rings (SSSR count). The van der Waals surface area contributed by atoms with Crippen molar-refractivity contribution in [2.75, 3.05) is 13.1 Å². The lowest BCUT2D eigenvalue weighted by atomic mass is 9.82. The van der Waals surface area contributed by atoms with Crippen molar-refractivity contribution < 1.29 is 4.39 Å². The Hall–Kier alpha value is -0.930. The topological polar surface area (TPSA) is 38.0 Å². The molecule has 1 aliphatic carbocycles. The predicted molar refractivity (Wildman–Crippen MR) is 77.5 cm³/mol. The minimum absolute atomic E-state index is 0.0957. The molecule has 0 aromatic heterocycles. The van der Waals surface area contributed by atoms with Gasteiger partial charge < -0.3 is 11.1 Å². The molecule has 3 heteroatoms. The molecule has 2 nitrogen and oxygen atoms in total. The largest absolute Gasteiger partial charge is 0.329 e. The molecule has 0 amide bonds. The predicted octanol–water partition coefficient (Wildman–Crippen LogP) is 2.87. The molecule has 3 N–H and O–H groups in total. The monoisotopic (exact) mass is 264 g/mol. The minimum Gasteiger partial charge on any atom is -0.329 e. The maximum absolute atomic E-state index is 12.9. The third-order valence-electron chi connectivity index (χ3n) is 4.29. The molecule has 0 heterocycles. The van der Waals surface area contributed by atoms with Gasteiger partial charge in [-0.05, 0) is 49.9 Å². The van der Waals surface area contributed by atoms with Crippen molar-refractivity contribution in [1.82, 2.24) is 5.32 Å². The molecular weight excluding hydrogens is 239 g/mol. The molecule has 106 valence electrons. The second-order valence-corrected chi connectivity index (χ2v) is 6.08. The van der Waals surface area contributed by atoms with E-state index in [0.29, 0.717) is 6.54 Å². The standard InChI is InChI=1S/C16H25FN2/c1-16(12-18,19-10-9-13-3-2-4-13)11-14-5-7-15(17)8-6-14/h5-8,13,19H,2-4,9-12,18H2,1H3. The van der Waals surface area contributed by atoms with Crippen LogP contribution in [0.25, 0.3) is 0 Å². The number of benzene rings is 1. The van der Waals surface area contributed by atoms with Crippen LogP contribution in [0, 0.1) is 11.7 Å². The third kappa shape index (κ3) is 4.29. The van der Waals surface area contributed by atoms with Crippen molar-refractivity contribution in [3.63, 3.8) is 0 Å². The van der Waals surface area contributed by atoms with Crippen LogP contribution in [0.5, 0.6) is 0 Å². The Kier molecular flexibility index (Phi) is 4.94. The summed E-state index contributed by atoms with van der Waals surface area (Å²) in [5, 5.41) is 3.59. The fraction of sp³-hybridized carbons (Fsp3) is 0.625. The molecule has 0 bridgehead atoms. The molecular formula is C16H25FN2. The molecule has 19 heavy (non-hydrogen) atoms. The van der Waals surface area contributed by atoms with Gasteiger partial charge in [0.15, 0.2) is 0 Å². The Balaban J connectivity index is 1.83. The van der Waals surface area contributed by atoms with E-state index in [1.54, 1.807) is 0 Å². The van der Waals surface area contributed by atoms with E-state index >= 15 is 0 Å². The van der Waals surface area contributed by atoms with Gasteiger partial charge >= 0.3 is 0 Å². The Morgan fingerprint density at radius 1 is 1.32 bits per heavy atom. The third-order valence-corrected chi connectivity index (χ3v) is 4.29. The molecule has 1 saturated carbocycles. The van der Waals surface area contributed by atoms with Crippen LogP contribution in [-0.4, -0.2) is 18.6 Å². The van der Waals surface area contributed by atoms with Crippen molar-refractivity contribution in [3.8, 4) is 0 Å². The van der Waals surface area contributed by atoms with Gasteiger partial charge in [0.25, 0.3) is 0 Å². The number of rotatable bonds is 7. The summed E-state index contributed by atoms with van der Waals surface area (Å²) in [7, 11) is 0. The summed E-state index contributed by atoms with van der Waals surface area (Å²) in [5.74, 6) is 0.733. The highest BCUT2D eigenvalue weighted by molar-refractivity contribution is 5.19. The fourth-order valence-corrected chi connectivity index (χ4v) is 2.62. The van der Waals surface area contributed by atoms with E-state index < -0.39 is 0 Å². The smallest absolute Gasteiger partial charge is 0.123 e. The lowest BCUT2D eigenvalue weighted by molar-refractivity contribution is 0.270. The number of nitrogens with one attached hydrogen (secondary N) is 1. The number of hydrogen-bond donors (Lipinski definition) is 2. The number of hydrogen-bond acceptors (Lipinski definition) is 2. The average Bonchev–Trinajstić information content (AvgIpc) is 2.35. The van der Waals surface area contributed by atoms with E-state index in [0.717, 1.165) is 24.4 Å². The van der Waals surface area contributed by atoms with Crippen molar-refractivity contribution >= 4 is 0 Å². The van der Waals surface area contributed by atoms with Crippen LogP contribution in [0.4, 0.5) is 4.39 Å². The molecule has 1 aromatic carbocycles. The van der Waals surface area contributed by atoms with Gasteiger partial charge in [0.05, 0.1) is 0 Å². The van der Waals surface area contributed by atoms with Gasteiger partial charge in [0.1, 0.15) is 5.82 Å². The molecule has 0 radical (unpaired) electrons. The maximum atomic E-state index is 12.9. The second kappa shape index (κ2) is 6.49.